The van der Waals surface area contributed by atoms with Crippen LogP contribution in [-0.2, 0) is 22.7 Å². The Morgan fingerprint density at radius 2 is 1.77 bits per heavy atom. The van der Waals surface area contributed by atoms with E-state index in [-0.39, 0.29) is 30.2 Å². The van der Waals surface area contributed by atoms with Crippen molar-refractivity contribution in [2.45, 2.75) is 46.8 Å². The number of nitrogens with zero attached hydrogens (tertiary/aromatic N) is 2. The summed E-state index contributed by atoms with van der Waals surface area (Å²) in [5.41, 5.74) is 1.99. The molecule has 0 saturated heterocycles. The fraction of sp³-hybridized carbons (Fsp3) is 0.400. The van der Waals surface area contributed by atoms with E-state index in [1.807, 2.05) is 32.2 Å². The number of benzene rings is 1. The number of carbonyl (C=O) groups excluding carboxylic acids is 2. The smallest absolute Gasteiger partial charge is 0.242 e. The first-order valence-corrected chi connectivity index (χ1v) is 9.48. The number of halogens is 1. The predicted molar refractivity (Wildman–Crippen MR) is 102 cm³/mol. The Morgan fingerprint density at radius 3 is 2.27 bits per heavy atom. The molecule has 2 rings (SSSR count). The number of hydrogen-bond donors (Lipinski definition) is 0. The molecule has 1 aromatic carbocycles. The highest BCUT2D eigenvalue weighted by molar-refractivity contribution is 7.10. The van der Waals surface area contributed by atoms with Crippen molar-refractivity contribution in [1.29, 1.82) is 0 Å². The van der Waals surface area contributed by atoms with Gasteiger partial charge in [0.25, 0.3) is 0 Å². The average Bonchev–Trinajstić information content (AvgIpc) is 2.98. The van der Waals surface area contributed by atoms with Crippen LogP contribution in [0.5, 0.6) is 0 Å². The van der Waals surface area contributed by atoms with Crippen LogP contribution in [0, 0.1) is 12.7 Å². The van der Waals surface area contributed by atoms with Crippen LogP contribution < -0.4 is 0 Å². The van der Waals surface area contributed by atoms with Crippen LogP contribution in [0.4, 0.5) is 4.39 Å². The van der Waals surface area contributed by atoms with Crippen LogP contribution in [0.2, 0.25) is 0 Å². The van der Waals surface area contributed by atoms with Crippen molar-refractivity contribution in [2.75, 3.05) is 6.54 Å². The van der Waals surface area contributed by atoms with Crippen LogP contribution in [-0.4, -0.2) is 34.2 Å². The molecule has 1 aromatic heterocycles. The van der Waals surface area contributed by atoms with Crippen molar-refractivity contribution < 1.29 is 14.0 Å². The largest absolute Gasteiger partial charge is 0.332 e. The van der Waals surface area contributed by atoms with E-state index in [0.29, 0.717) is 13.1 Å². The van der Waals surface area contributed by atoms with E-state index in [4.69, 9.17) is 0 Å². The molecule has 0 aliphatic rings. The fourth-order valence-corrected chi connectivity index (χ4v) is 3.61. The first-order valence-electron chi connectivity index (χ1n) is 8.60. The first-order chi connectivity index (χ1) is 12.3. The normalized spacial score (nSPS) is 10.8. The summed E-state index contributed by atoms with van der Waals surface area (Å²) < 4.78 is 13.2. The summed E-state index contributed by atoms with van der Waals surface area (Å²) in [4.78, 5) is 29.2. The highest BCUT2D eigenvalue weighted by Gasteiger charge is 2.22. The first kappa shape index (κ1) is 20.1. The number of amides is 2. The Kier molecular flexibility index (Phi) is 6.91. The molecule has 0 atom stereocenters. The van der Waals surface area contributed by atoms with Gasteiger partial charge in [0.05, 0.1) is 13.1 Å². The lowest BCUT2D eigenvalue weighted by atomic mass is 10.2. The Bertz CT molecular complexity index is 755. The highest BCUT2D eigenvalue weighted by atomic mass is 32.1. The van der Waals surface area contributed by atoms with Crippen molar-refractivity contribution >= 4 is 23.2 Å². The molecule has 1 heterocycles. The average molecular weight is 376 g/mol. The van der Waals surface area contributed by atoms with E-state index < -0.39 is 0 Å². The van der Waals surface area contributed by atoms with Gasteiger partial charge in [0.1, 0.15) is 5.82 Å². The summed E-state index contributed by atoms with van der Waals surface area (Å²) in [6, 6.07) is 8.13. The molecule has 26 heavy (non-hydrogen) atoms. The molecule has 0 aliphatic heterocycles. The van der Waals surface area contributed by atoms with Crippen molar-refractivity contribution in [3.63, 3.8) is 0 Å². The minimum absolute atomic E-state index is 0.0403. The maximum atomic E-state index is 13.2. The summed E-state index contributed by atoms with van der Waals surface area (Å²) in [7, 11) is 0. The number of aryl methyl sites for hydroxylation is 1. The van der Waals surface area contributed by atoms with Gasteiger partial charge in [-0.15, -0.1) is 11.3 Å². The molecule has 0 spiro atoms. The zero-order chi connectivity index (χ0) is 19.3. The van der Waals surface area contributed by atoms with Crippen molar-refractivity contribution in [3.8, 4) is 0 Å². The third-order valence-electron chi connectivity index (χ3n) is 4.28. The monoisotopic (exact) mass is 376 g/mol. The Balaban J connectivity index is 2.20. The highest BCUT2D eigenvalue weighted by Crippen LogP contribution is 2.20. The van der Waals surface area contributed by atoms with Gasteiger partial charge in [0, 0.05) is 24.4 Å². The topological polar surface area (TPSA) is 40.6 Å². The lowest BCUT2D eigenvalue weighted by Gasteiger charge is -2.29. The van der Waals surface area contributed by atoms with Gasteiger partial charge in [0.2, 0.25) is 11.8 Å². The zero-order valence-electron chi connectivity index (χ0n) is 15.7. The van der Waals surface area contributed by atoms with Crippen molar-refractivity contribution in [3.05, 3.63) is 57.5 Å². The molecular weight excluding hydrogens is 351 g/mol. The SMILES string of the molecule is CC(=O)N(CC(=O)N(Cc1ccc(F)cc1)Cc1sccc1C)C(C)C. The quantitative estimate of drug-likeness (QED) is 0.733. The van der Waals surface area contributed by atoms with Gasteiger partial charge in [-0.3, -0.25) is 9.59 Å². The lowest BCUT2D eigenvalue weighted by molar-refractivity contribution is -0.141. The fourth-order valence-electron chi connectivity index (χ4n) is 2.69. The molecule has 0 aliphatic carbocycles. The van der Waals surface area contributed by atoms with Gasteiger partial charge in [-0.2, -0.15) is 0 Å². The van der Waals surface area contributed by atoms with Crippen molar-refractivity contribution in [2.24, 2.45) is 0 Å². The molecule has 4 nitrogen and oxygen atoms in total. The molecule has 0 saturated carbocycles. The summed E-state index contributed by atoms with van der Waals surface area (Å²) in [5.74, 6) is -0.545. The molecule has 0 bridgehead atoms. The maximum Gasteiger partial charge on any atom is 0.242 e. The number of thiophene rings is 1. The van der Waals surface area contributed by atoms with E-state index in [1.54, 1.807) is 33.3 Å². The second-order valence-electron chi connectivity index (χ2n) is 6.64. The van der Waals surface area contributed by atoms with Crippen LogP contribution in [0.3, 0.4) is 0 Å². The van der Waals surface area contributed by atoms with E-state index in [9.17, 15) is 14.0 Å². The Labute approximate surface area is 158 Å². The summed E-state index contributed by atoms with van der Waals surface area (Å²) >= 11 is 1.61. The molecule has 2 aromatic rings. The minimum Gasteiger partial charge on any atom is -0.332 e. The predicted octanol–water partition coefficient (Wildman–Crippen LogP) is 3.98. The molecule has 0 radical (unpaired) electrons. The molecule has 0 unspecified atom stereocenters. The third kappa shape index (κ3) is 5.39. The lowest BCUT2D eigenvalue weighted by Crippen LogP contribution is -2.44. The molecule has 0 fully saturated rings. The van der Waals surface area contributed by atoms with Gasteiger partial charge in [-0.1, -0.05) is 12.1 Å². The van der Waals surface area contributed by atoms with Gasteiger partial charge in [-0.05, 0) is 55.5 Å². The molecule has 140 valence electrons. The minimum atomic E-state index is -0.303. The number of rotatable bonds is 7. The standard InChI is InChI=1S/C20H25FN2O2S/c1-14(2)23(16(4)24)13-20(25)22(12-19-15(3)9-10-26-19)11-17-5-7-18(21)8-6-17/h5-10,14H,11-13H2,1-4H3. The van der Waals surface area contributed by atoms with E-state index in [2.05, 4.69) is 0 Å². The van der Waals surface area contributed by atoms with Gasteiger partial charge in [-0.25, -0.2) is 4.39 Å². The molecule has 6 heteroatoms. The van der Waals surface area contributed by atoms with Crippen LogP contribution in [0.1, 0.15) is 36.8 Å². The van der Waals surface area contributed by atoms with Crippen molar-refractivity contribution in [1.82, 2.24) is 9.80 Å². The maximum absolute atomic E-state index is 13.2. The van der Waals surface area contributed by atoms with Crippen LogP contribution >= 0.6 is 11.3 Å². The van der Waals surface area contributed by atoms with Gasteiger partial charge < -0.3 is 9.80 Å². The molecule has 2 amide bonds. The second-order valence-corrected chi connectivity index (χ2v) is 7.64. The van der Waals surface area contributed by atoms with E-state index in [0.717, 1.165) is 16.0 Å². The summed E-state index contributed by atoms with van der Waals surface area (Å²) in [6.07, 6.45) is 0. The van der Waals surface area contributed by atoms with Gasteiger partial charge in [0.15, 0.2) is 0 Å². The second kappa shape index (κ2) is 8.94. The number of carbonyl (C=O) groups is 2. The molecular formula is C20H25FN2O2S. The summed E-state index contributed by atoms with van der Waals surface area (Å²) in [6.45, 7) is 8.16. The third-order valence-corrected chi connectivity index (χ3v) is 5.28. The van der Waals surface area contributed by atoms with Crippen LogP contribution in [0.25, 0.3) is 0 Å². The molecule has 0 N–H and O–H groups in total. The number of hydrogen-bond acceptors (Lipinski definition) is 3. The van der Waals surface area contributed by atoms with E-state index >= 15 is 0 Å². The van der Waals surface area contributed by atoms with Gasteiger partial charge >= 0.3 is 0 Å². The summed E-state index contributed by atoms with van der Waals surface area (Å²) in [5, 5.41) is 2.00. The zero-order valence-corrected chi connectivity index (χ0v) is 16.5. The Hall–Kier alpha value is -2.21. The Morgan fingerprint density at radius 1 is 1.12 bits per heavy atom. The van der Waals surface area contributed by atoms with E-state index in [1.165, 1.54) is 19.1 Å². The van der Waals surface area contributed by atoms with Crippen LogP contribution in [0.15, 0.2) is 35.7 Å².